The number of hydrogen-bond acceptors (Lipinski definition) is 5. The van der Waals surface area contributed by atoms with Crippen LogP contribution in [0.15, 0.2) is 33.9 Å². The molecule has 1 aliphatic carbocycles. The molecule has 28 heavy (non-hydrogen) atoms. The smallest absolute Gasteiger partial charge is 0.151 e. The van der Waals surface area contributed by atoms with Crippen molar-refractivity contribution in [3.05, 3.63) is 45.6 Å². The molecule has 0 amide bonds. The fourth-order valence-electron chi connectivity index (χ4n) is 5.16. The third kappa shape index (κ3) is 2.62. The topological polar surface area (TPSA) is 101 Å². The summed E-state index contributed by atoms with van der Waals surface area (Å²) in [7, 11) is 0. The first-order valence-electron chi connectivity index (χ1n) is 9.64. The Morgan fingerprint density at radius 1 is 1.18 bits per heavy atom. The maximum Gasteiger partial charge on any atom is 0.151 e. The maximum atomic E-state index is 10.2. The van der Waals surface area contributed by atoms with Gasteiger partial charge in [0.1, 0.15) is 6.07 Å². The lowest BCUT2D eigenvalue weighted by molar-refractivity contribution is 0.174. The van der Waals surface area contributed by atoms with Gasteiger partial charge in [0, 0.05) is 33.6 Å². The molecule has 2 aromatic rings. The summed E-state index contributed by atoms with van der Waals surface area (Å²) in [5, 5.41) is 30.5. The quantitative estimate of drug-likeness (QED) is 0.750. The minimum Gasteiger partial charge on any atom is -0.313 e. The molecule has 4 heterocycles. The highest BCUT2D eigenvalue weighted by Gasteiger charge is 2.45. The molecule has 1 saturated carbocycles. The van der Waals surface area contributed by atoms with Crippen LogP contribution in [0.3, 0.4) is 0 Å². The highest BCUT2D eigenvalue weighted by Crippen LogP contribution is 2.47. The Morgan fingerprint density at radius 3 is 2.75 bits per heavy atom. The summed E-state index contributed by atoms with van der Waals surface area (Å²) in [5.41, 5.74) is 3.39. The van der Waals surface area contributed by atoms with Crippen LogP contribution in [0.1, 0.15) is 41.9 Å². The molecule has 140 valence electrons. The Bertz CT molecular complexity index is 1030. The average Bonchev–Trinajstić information content (AvgIpc) is 3.22. The third-order valence-corrected chi connectivity index (χ3v) is 7.39. The largest absolute Gasteiger partial charge is 0.313 e. The molecule has 6 rings (SSSR count). The molecule has 2 unspecified atom stereocenters. The first kappa shape index (κ1) is 17.6. The van der Waals surface area contributed by atoms with Crippen molar-refractivity contribution in [2.75, 3.05) is 6.54 Å². The van der Waals surface area contributed by atoms with Crippen LogP contribution in [-0.4, -0.2) is 28.5 Å². The molecule has 4 aliphatic rings. The van der Waals surface area contributed by atoms with Gasteiger partial charge in [-0.25, -0.2) is 4.99 Å². The van der Waals surface area contributed by atoms with Gasteiger partial charge in [0.2, 0.25) is 0 Å². The summed E-state index contributed by atoms with van der Waals surface area (Å²) in [6, 6.07) is 10.8. The number of nitrogens with zero attached hydrogens (tertiary/aromatic N) is 4. The highest BCUT2D eigenvalue weighted by molar-refractivity contribution is 9.10. The third-order valence-electron chi connectivity index (χ3n) is 6.51. The number of H-pyrrole nitrogens is 1. The molecule has 7 heteroatoms. The van der Waals surface area contributed by atoms with Gasteiger partial charge in [0.25, 0.3) is 0 Å². The number of benzene rings is 1. The number of nitrogens with one attached hydrogen (secondary N) is 2. The van der Waals surface area contributed by atoms with E-state index in [1.54, 1.807) is 12.3 Å². The number of nitriles is 2. The first-order chi connectivity index (χ1) is 13.7. The van der Waals surface area contributed by atoms with E-state index in [0.717, 1.165) is 46.5 Å². The van der Waals surface area contributed by atoms with Crippen LogP contribution in [0, 0.1) is 40.4 Å². The normalized spacial score (nSPS) is 30.8. The van der Waals surface area contributed by atoms with E-state index in [4.69, 9.17) is 4.99 Å². The Morgan fingerprint density at radius 2 is 2.07 bits per heavy atom. The van der Waals surface area contributed by atoms with Gasteiger partial charge >= 0.3 is 0 Å². The predicted molar refractivity (Wildman–Crippen MR) is 108 cm³/mol. The van der Waals surface area contributed by atoms with E-state index in [0.29, 0.717) is 17.5 Å². The van der Waals surface area contributed by atoms with Crippen LogP contribution < -0.4 is 5.32 Å². The molecule has 1 aromatic carbocycles. The molecule has 2 bridgehead atoms. The zero-order valence-electron chi connectivity index (χ0n) is 15.2. The van der Waals surface area contributed by atoms with Crippen molar-refractivity contribution in [2.24, 2.45) is 22.7 Å². The van der Waals surface area contributed by atoms with Gasteiger partial charge in [-0.2, -0.15) is 15.6 Å². The molecule has 6 nitrogen and oxygen atoms in total. The van der Waals surface area contributed by atoms with Gasteiger partial charge < -0.3 is 5.32 Å². The molecule has 2 saturated heterocycles. The zero-order valence-corrected chi connectivity index (χ0v) is 16.8. The highest BCUT2D eigenvalue weighted by atomic mass is 79.9. The van der Waals surface area contributed by atoms with Crippen LogP contribution in [0.4, 0.5) is 5.82 Å². The predicted octanol–water partition coefficient (Wildman–Crippen LogP) is 3.79. The van der Waals surface area contributed by atoms with Crippen molar-refractivity contribution in [1.82, 2.24) is 15.5 Å². The fourth-order valence-corrected chi connectivity index (χ4v) is 5.76. The van der Waals surface area contributed by atoms with E-state index >= 15 is 0 Å². The zero-order chi connectivity index (χ0) is 19.3. The standard InChI is InChI=1S/C21H19BrN6/c22-19-12(7-23)2-1-3-13(19)18-15(8-24)20(27-21-16(18)10-26-28-21)14-6-11-4-5-17(14)25-9-11/h1-3,10-11,14-15,17-18,25H,4-6,9H2,(H,26,28)/t11-,14-,15?,17+,18?/m1/s1. The average molecular weight is 435 g/mol. The summed E-state index contributed by atoms with van der Waals surface area (Å²) in [6.07, 6.45) is 5.25. The van der Waals surface area contributed by atoms with Crippen molar-refractivity contribution in [1.29, 1.82) is 10.5 Å². The number of aromatic nitrogens is 2. The molecular formula is C21H19BrN6. The van der Waals surface area contributed by atoms with Crippen molar-refractivity contribution in [3.63, 3.8) is 0 Å². The number of fused-ring (bicyclic) bond motifs is 4. The monoisotopic (exact) mass is 434 g/mol. The van der Waals surface area contributed by atoms with Crippen LogP contribution in [0.5, 0.6) is 0 Å². The maximum absolute atomic E-state index is 10.2. The molecule has 3 aliphatic heterocycles. The minimum absolute atomic E-state index is 0.200. The van der Waals surface area contributed by atoms with E-state index in [1.165, 1.54) is 6.42 Å². The summed E-state index contributed by atoms with van der Waals surface area (Å²) >= 11 is 3.61. The van der Waals surface area contributed by atoms with E-state index in [9.17, 15) is 10.5 Å². The second-order valence-corrected chi connectivity index (χ2v) is 8.71. The Balaban J connectivity index is 1.64. The fraction of sp³-hybridized carbons (Fsp3) is 0.429. The summed E-state index contributed by atoms with van der Waals surface area (Å²) in [5.74, 6) is 1.10. The number of aliphatic imine (C=N–C) groups is 1. The summed E-state index contributed by atoms with van der Waals surface area (Å²) in [4.78, 5) is 4.90. The molecule has 3 fully saturated rings. The van der Waals surface area contributed by atoms with Crippen molar-refractivity contribution >= 4 is 27.5 Å². The van der Waals surface area contributed by atoms with Crippen molar-refractivity contribution in [3.8, 4) is 12.1 Å². The van der Waals surface area contributed by atoms with Crippen LogP contribution >= 0.6 is 15.9 Å². The number of piperidine rings is 2. The van der Waals surface area contributed by atoms with Gasteiger partial charge in [-0.3, -0.25) is 5.10 Å². The lowest BCUT2D eigenvalue weighted by Crippen LogP contribution is -2.54. The molecule has 5 atom stereocenters. The van der Waals surface area contributed by atoms with Gasteiger partial charge in [-0.15, -0.1) is 0 Å². The first-order valence-corrected chi connectivity index (χ1v) is 10.4. The molecule has 0 spiro atoms. The van der Waals surface area contributed by atoms with Gasteiger partial charge in [0.15, 0.2) is 5.82 Å². The molecular weight excluding hydrogens is 416 g/mol. The van der Waals surface area contributed by atoms with E-state index < -0.39 is 0 Å². The second-order valence-electron chi connectivity index (χ2n) is 7.92. The van der Waals surface area contributed by atoms with Gasteiger partial charge in [-0.1, -0.05) is 12.1 Å². The SMILES string of the molecule is N#Cc1cccc(C2c3cn[nH]c3N=C([C@@H]3C[C@H]4CC[C@@H]3NC4)C2C#N)c1Br. The van der Waals surface area contributed by atoms with Crippen LogP contribution in [0.25, 0.3) is 0 Å². The van der Waals surface area contributed by atoms with Crippen LogP contribution in [0.2, 0.25) is 0 Å². The lowest BCUT2D eigenvalue weighted by Gasteiger charge is -2.45. The number of rotatable bonds is 2. The minimum atomic E-state index is -0.374. The van der Waals surface area contributed by atoms with Crippen molar-refractivity contribution in [2.45, 2.75) is 31.2 Å². The van der Waals surface area contributed by atoms with Crippen LogP contribution in [-0.2, 0) is 0 Å². The Kier molecular flexibility index (Phi) is 4.30. The lowest BCUT2D eigenvalue weighted by atomic mass is 9.66. The number of hydrogen-bond donors (Lipinski definition) is 2. The summed E-state index contributed by atoms with van der Waals surface area (Å²) in [6.45, 7) is 1.07. The molecule has 0 radical (unpaired) electrons. The summed E-state index contributed by atoms with van der Waals surface area (Å²) < 4.78 is 0.749. The van der Waals surface area contributed by atoms with E-state index in [-0.39, 0.29) is 17.8 Å². The Labute approximate surface area is 171 Å². The van der Waals surface area contributed by atoms with E-state index in [2.05, 4.69) is 43.6 Å². The van der Waals surface area contributed by atoms with Gasteiger partial charge in [0.05, 0.1) is 23.7 Å². The number of halogens is 1. The number of aromatic amines is 1. The molecule has 2 N–H and O–H groups in total. The second kappa shape index (κ2) is 6.84. The Hall–Kier alpha value is -2.48. The van der Waals surface area contributed by atoms with Crippen molar-refractivity contribution < 1.29 is 0 Å². The van der Waals surface area contributed by atoms with E-state index in [1.807, 2.05) is 12.1 Å². The molecule has 1 aromatic heterocycles. The van der Waals surface area contributed by atoms with Gasteiger partial charge in [-0.05, 0) is 59.3 Å².